The van der Waals surface area contributed by atoms with Gasteiger partial charge in [0.05, 0.1) is 13.2 Å². The van der Waals surface area contributed by atoms with Crippen LogP contribution in [0.25, 0.3) is 0 Å². The van der Waals surface area contributed by atoms with Gasteiger partial charge in [0.2, 0.25) is 0 Å². The second kappa shape index (κ2) is 8.94. The van der Waals surface area contributed by atoms with Gasteiger partial charge >= 0.3 is 0 Å². The minimum atomic E-state index is 0.0484. The molecule has 2 atom stereocenters. The van der Waals surface area contributed by atoms with E-state index < -0.39 is 0 Å². The molecular formula is C23H29NO3. The molecule has 0 spiro atoms. The second-order valence-electron chi connectivity index (χ2n) is 7.15. The minimum absolute atomic E-state index is 0.0484. The molecule has 0 N–H and O–H groups in total. The first-order valence-electron chi connectivity index (χ1n) is 9.79. The SMILES string of the molecule is CCC(C)c1ccccc1OCC(=O)N1CCCC1c1ccc(OC)cc1. The number of hydrogen-bond acceptors (Lipinski definition) is 3. The van der Waals surface area contributed by atoms with E-state index in [-0.39, 0.29) is 18.6 Å². The van der Waals surface area contributed by atoms with Gasteiger partial charge in [-0.3, -0.25) is 4.79 Å². The third-order valence-electron chi connectivity index (χ3n) is 5.49. The topological polar surface area (TPSA) is 38.8 Å². The van der Waals surface area contributed by atoms with Crippen LogP contribution in [-0.4, -0.2) is 31.1 Å². The third-order valence-corrected chi connectivity index (χ3v) is 5.49. The molecule has 2 aromatic carbocycles. The van der Waals surface area contributed by atoms with Gasteiger partial charge in [0.15, 0.2) is 6.61 Å². The second-order valence-corrected chi connectivity index (χ2v) is 7.15. The third kappa shape index (κ3) is 4.44. The Labute approximate surface area is 162 Å². The predicted octanol–water partition coefficient (Wildman–Crippen LogP) is 4.95. The van der Waals surface area contributed by atoms with Gasteiger partial charge in [-0.15, -0.1) is 0 Å². The van der Waals surface area contributed by atoms with Crippen LogP contribution in [0.3, 0.4) is 0 Å². The van der Waals surface area contributed by atoms with Crippen LogP contribution in [0.15, 0.2) is 48.5 Å². The summed E-state index contributed by atoms with van der Waals surface area (Å²) < 4.78 is 11.2. The summed E-state index contributed by atoms with van der Waals surface area (Å²) >= 11 is 0. The summed E-state index contributed by atoms with van der Waals surface area (Å²) in [5.41, 5.74) is 2.32. The standard InChI is InChI=1S/C23H29NO3/c1-4-17(2)20-8-5-6-10-22(20)27-16-23(25)24-15-7-9-21(24)18-11-13-19(26-3)14-12-18/h5-6,8,10-14,17,21H,4,7,9,15-16H2,1-3H3. The summed E-state index contributed by atoms with van der Waals surface area (Å²) in [4.78, 5) is 14.8. The van der Waals surface area contributed by atoms with Crippen LogP contribution in [0.2, 0.25) is 0 Å². The maximum Gasteiger partial charge on any atom is 0.261 e. The van der Waals surface area contributed by atoms with Crippen LogP contribution in [-0.2, 0) is 4.79 Å². The van der Waals surface area contributed by atoms with E-state index in [9.17, 15) is 4.79 Å². The lowest BCUT2D eigenvalue weighted by atomic mass is 9.98. The van der Waals surface area contributed by atoms with Crippen molar-refractivity contribution in [3.63, 3.8) is 0 Å². The largest absolute Gasteiger partial charge is 0.497 e. The molecule has 1 amide bonds. The van der Waals surface area contributed by atoms with E-state index in [4.69, 9.17) is 9.47 Å². The highest BCUT2D eigenvalue weighted by Gasteiger charge is 2.30. The fraction of sp³-hybridized carbons (Fsp3) is 0.435. The Kier molecular flexibility index (Phi) is 6.38. The van der Waals surface area contributed by atoms with Crippen molar-refractivity contribution in [2.75, 3.05) is 20.3 Å². The first kappa shape index (κ1) is 19.3. The molecule has 1 fully saturated rings. The molecular weight excluding hydrogens is 338 g/mol. The molecule has 1 heterocycles. The van der Waals surface area contributed by atoms with Crippen LogP contribution >= 0.6 is 0 Å². The van der Waals surface area contributed by atoms with Crippen molar-refractivity contribution in [2.45, 2.75) is 45.1 Å². The average molecular weight is 367 g/mol. The van der Waals surface area contributed by atoms with Crippen LogP contribution in [0.5, 0.6) is 11.5 Å². The Bertz CT molecular complexity index is 756. The number of amides is 1. The molecule has 27 heavy (non-hydrogen) atoms. The van der Waals surface area contributed by atoms with Crippen molar-refractivity contribution in [1.29, 1.82) is 0 Å². The summed E-state index contributed by atoms with van der Waals surface area (Å²) in [7, 11) is 1.66. The number of benzene rings is 2. The molecule has 1 aliphatic heterocycles. The van der Waals surface area contributed by atoms with Crippen LogP contribution < -0.4 is 9.47 Å². The van der Waals surface area contributed by atoms with E-state index in [0.29, 0.717) is 5.92 Å². The lowest BCUT2D eigenvalue weighted by molar-refractivity contribution is -0.134. The molecule has 4 nitrogen and oxygen atoms in total. The molecule has 1 saturated heterocycles. The monoisotopic (exact) mass is 367 g/mol. The van der Waals surface area contributed by atoms with E-state index in [1.807, 2.05) is 47.4 Å². The molecule has 144 valence electrons. The molecule has 0 aliphatic carbocycles. The zero-order valence-electron chi connectivity index (χ0n) is 16.5. The molecule has 4 heteroatoms. The van der Waals surface area contributed by atoms with Gasteiger partial charge in [0.1, 0.15) is 11.5 Å². The number of hydrogen-bond donors (Lipinski definition) is 0. The smallest absolute Gasteiger partial charge is 0.261 e. The maximum absolute atomic E-state index is 12.9. The molecule has 0 saturated carbocycles. The van der Waals surface area contributed by atoms with Gasteiger partial charge in [-0.05, 0) is 54.5 Å². The highest BCUT2D eigenvalue weighted by Crippen LogP contribution is 2.33. The first-order valence-corrected chi connectivity index (χ1v) is 9.79. The summed E-state index contributed by atoms with van der Waals surface area (Å²) in [6.45, 7) is 5.21. The summed E-state index contributed by atoms with van der Waals surface area (Å²) in [5, 5.41) is 0. The van der Waals surface area contributed by atoms with Crippen LogP contribution in [0.1, 0.15) is 56.2 Å². The van der Waals surface area contributed by atoms with Crippen LogP contribution in [0, 0.1) is 0 Å². The molecule has 1 aliphatic rings. The van der Waals surface area contributed by atoms with Gasteiger partial charge in [0, 0.05) is 6.54 Å². The number of para-hydroxylation sites is 1. The predicted molar refractivity (Wildman–Crippen MR) is 107 cm³/mol. The van der Waals surface area contributed by atoms with Crippen molar-refractivity contribution < 1.29 is 14.3 Å². The summed E-state index contributed by atoms with van der Waals surface area (Å²) in [5.74, 6) is 2.11. The van der Waals surface area contributed by atoms with Crippen molar-refractivity contribution in [3.05, 3.63) is 59.7 Å². The zero-order chi connectivity index (χ0) is 19.2. The Morgan fingerprint density at radius 1 is 1.19 bits per heavy atom. The number of methoxy groups -OCH3 is 1. The van der Waals surface area contributed by atoms with Gasteiger partial charge < -0.3 is 14.4 Å². The van der Waals surface area contributed by atoms with E-state index in [2.05, 4.69) is 19.9 Å². The highest BCUT2D eigenvalue weighted by molar-refractivity contribution is 5.78. The number of carbonyl (C=O) groups is 1. The molecule has 0 radical (unpaired) electrons. The maximum atomic E-state index is 12.9. The first-order chi connectivity index (χ1) is 13.1. The Morgan fingerprint density at radius 3 is 2.63 bits per heavy atom. The Balaban J connectivity index is 1.67. The quantitative estimate of drug-likeness (QED) is 0.695. The zero-order valence-corrected chi connectivity index (χ0v) is 16.5. The fourth-order valence-electron chi connectivity index (χ4n) is 3.70. The lowest BCUT2D eigenvalue weighted by Gasteiger charge is -2.25. The normalized spacial score (nSPS) is 17.6. The lowest BCUT2D eigenvalue weighted by Crippen LogP contribution is -2.34. The summed E-state index contributed by atoms with van der Waals surface area (Å²) in [6.07, 6.45) is 3.05. The molecule has 0 bridgehead atoms. The fourth-order valence-corrected chi connectivity index (χ4v) is 3.70. The highest BCUT2D eigenvalue weighted by atomic mass is 16.5. The van der Waals surface area contributed by atoms with Gasteiger partial charge in [0.25, 0.3) is 5.91 Å². The van der Waals surface area contributed by atoms with E-state index >= 15 is 0 Å². The summed E-state index contributed by atoms with van der Waals surface area (Å²) in [6, 6.07) is 16.2. The van der Waals surface area contributed by atoms with E-state index in [0.717, 1.165) is 42.9 Å². The van der Waals surface area contributed by atoms with Crippen molar-refractivity contribution in [2.24, 2.45) is 0 Å². The molecule has 2 aromatic rings. The number of carbonyl (C=O) groups excluding carboxylic acids is 1. The molecule has 0 aromatic heterocycles. The Hall–Kier alpha value is -2.49. The number of nitrogens with zero attached hydrogens (tertiary/aromatic N) is 1. The van der Waals surface area contributed by atoms with E-state index in [1.165, 1.54) is 5.56 Å². The number of likely N-dealkylation sites (tertiary alicyclic amines) is 1. The van der Waals surface area contributed by atoms with Crippen molar-refractivity contribution >= 4 is 5.91 Å². The van der Waals surface area contributed by atoms with Crippen LogP contribution in [0.4, 0.5) is 0 Å². The minimum Gasteiger partial charge on any atom is -0.497 e. The number of ether oxygens (including phenoxy) is 2. The van der Waals surface area contributed by atoms with E-state index in [1.54, 1.807) is 7.11 Å². The van der Waals surface area contributed by atoms with Crippen molar-refractivity contribution in [1.82, 2.24) is 4.90 Å². The Morgan fingerprint density at radius 2 is 1.93 bits per heavy atom. The van der Waals surface area contributed by atoms with Gasteiger partial charge in [-0.25, -0.2) is 0 Å². The van der Waals surface area contributed by atoms with Gasteiger partial charge in [-0.2, -0.15) is 0 Å². The van der Waals surface area contributed by atoms with Gasteiger partial charge in [-0.1, -0.05) is 44.2 Å². The molecule has 3 rings (SSSR count). The average Bonchev–Trinajstić information content (AvgIpc) is 3.21. The molecule has 2 unspecified atom stereocenters. The van der Waals surface area contributed by atoms with Crippen molar-refractivity contribution in [3.8, 4) is 11.5 Å². The number of rotatable bonds is 7.